The van der Waals surface area contributed by atoms with Gasteiger partial charge in [0, 0.05) is 36.4 Å². The molecular formula is C20H26FN5O2. The molecule has 0 saturated heterocycles. The number of hydrazine groups is 1. The molecule has 0 radical (unpaired) electrons. The molecule has 1 unspecified atom stereocenters. The second-order valence-corrected chi connectivity index (χ2v) is 6.61. The Bertz CT molecular complexity index is 862. The number of pyridine rings is 1. The van der Waals surface area contributed by atoms with Crippen LogP contribution < -0.4 is 22.5 Å². The number of benzene rings is 1. The van der Waals surface area contributed by atoms with Crippen LogP contribution in [0.3, 0.4) is 0 Å². The first-order chi connectivity index (χ1) is 13.3. The molecule has 8 heteroatoms. The summed E-state index contributed by atoms with van der Waals surface area (Å²) in [6.07, 6.45) is 2.11. The SMILES string of the molecule is C/C(N)=C/N(N)CCC(F)Cn1ccc(NC(=O)Cc2ccccc2)cc1=O. The summed E-state index contributed by atoms with van der Waals surface area (Å²) in [5.41, 5.74) is 6.91. The van der Waals surface area contributed by atoms with Gasteiger partial charge in [-0.05, 0) is 25.0 Å². The maximum absolute atomic E-state index is 14.2. The van der Waals surface area contributed by atoms with E-state index in [2.05, 4.69) is 5.32 Å². The molecule has 0 fully saturated rings. The minimum Gasteiger partial charge on any atom is -0.401 e. The molecule has 150 valence electrons. The molecule has 0 aliphatic heterocycles. The van der Waals surface area contributed by atoms with Crippen molar-refractivity contribution in [1.82, 2.24) is 9.58 Å². The second-order valence-electron chi connectivity index (χ2n) is 6.61. The molecule has 0 bridgehead atoms. The lowest BCUT2D eigenvalue weighted by Crippen LogP contribution is -2.31. The molecule has 0 aliphatic rings. The molecule has 1 heterocycles. The average molecular weight is 387 g/mol. The molecule has 0 spiro atoms. The van der Waals surface area contributed by atoms with E-state index in [1.54, 1.807) is 13.0 Å². The predicted molar refractivity (Wildman–Crippen MR) is 108 cm³/mol. The smallest absolute Gasteiger partial charge is 0.252 e. The number of hydrogen-bond donors (Lipinski definition) is 3. The number of amides is 1. The van der Waals surface area contributed by atoms with E-state index >= 15 is 0 Å². The minimum absolute atomic E-state index is 0.0871. The van der Waals surface area contributed by atoms with Crippen LogP contribution in [0.2, 0.25) is 0 Å². The molecule has 5 N–H and O–H groups in total. The Morgan fingerprint density at radius 3 is 2.68 bits per heavy atom. The summed E-state index contributed by atoms with van der Waals surface area (Å²) in [4.78, 5) is 24.3. The molecule has 2 aromatic rings. The van der Waals surface area contributed by atoms with Crippen molar-refractivity contribution in [2.75, 3.05) is 11.9 Å². The number of rotatable bonds is 9. The molecular weight excluding hydrogens is 361 g/mol. The Hall–Kier alpha value is -3.13. The fraction of sp³-hybridized carbons (Fsp3) is 0.300. The summed E-state index contributed by atoms with van der Waals surface area (Å²) in [6.45, 7) is 1.88. The molecule has 2 rings (SSSR count). The van der Waals surface area contributed by atoms with Crippen molar-refractivity contribution >= 4 is 11.6 Å². The van der Waals surface area contributed by atoms with Crippen molar-refractivity contribution < 1.29 is 9.18 Å². The van der Waals surface area contributed by atoms with Crippen LogP contribution in [0, 0.1) is 0 Å². The zero-order valence-electron chi connectivity index (χ0n) is 15.8. The normalized spacial score (nSPS) is 12.5. The summed E-state index contributed by atoms with van der Waals surface area (Å²) in [5, 5.41) is 4.00. The largest absolute Gasteiger partial charge is 0.401 e. The van der Waals surface area contributed by atoms with Gasteiger partial charge in [-0.25, -0.2) is 10.2 Å². The Morgan fingerprint density at radius 1 is 1.32 bits per heavy atom. The van der Waals surface area contributed by atoms with Gasteiger partial charge in [-0.3, -0.25) is 9.59 Å². The first-order valence-electron chi connectivity index (χ1n) is 8.97. The van der Waals surface area contributed by atoms with E-state index < -0.39 is 6.17 Å². The molecule has 1 amide bonds. The number of carbonyl (C=O) groups excluding carboxylic acids is 1. The number of alkyl halides is 1. The predicted octanol–water partition coefficient (Wildman–Crippen LogP) is 1.75. The van der Waals surface area contributed by atoms with E-state index in [1.807, 2.05) is 30.3 Å². The lowest BCUT2D eigenvalue weighted by molar-refractivity contribution is -0.115. The fourth-order valence-corrected chi connectivity index (χ4v) is 2.64. The van der Waals surface area contributed by atoms with Gasteiger partial charge in [0.25, 0.3) is 5.56 Å². The van der Waals surface area contributed by atoms with Crippen LogP contribution in [0.15, 0.2) is 65.4 Å². The standard InChI is InChI=1S/C20H26FN5O2/c1-15(22)13-26(23)10-7-17(21)14-25-9-8-18(12-20(25)28)24-19(27)11-16-5-3-2-4-6-16/h2-6,8-9,12-13,17H,7,10-11,14,22-23H2,1H3,(H,24,27)/b15-13-. The number of hydrogen-bond acceptors (Lipinski definition) is 5. The molecule has 28 heavy (non-hydrogen) atoms. The van der Waals surface area contributed by atoms with Crippen molar-refractivity contribution in [1.29, 1.82) is 0 Å². The van der Waals surface area contributed by atoms with Gasteiger partial charge in [-0.1, -0.05) is 30.3 Å². The van der Waals surface area contributed by atoms with E-state index in [0.717, 1.165) is 5.56 Å². The third-order valence-electron chi connectivity index (χ3n) is 3.95. The summed E-state index contributed by atoms with van der Waals surface area (Å²) in [5.74, 6) is 5.45. The highest BCUT2D eigenvalue weighted by atomic mass is 19.1. The highest BCUT2D eigenvalue weighted by Crippen LogP contribution is 2.07. The Morgan fingerprint density at radius 2 is 2.04 bits per heavy atom. The van der Waals surface area contributed by atoms with Gasteiger partial charge in [-0.2, -0.15) is 0 Å². The number of allylic oxidation sites excluding steroid dienone is 1. The third kappa shape index (κ3) is 7.24. The number of nitrogens with one attached hydrogen (secondary N) is 1. The lowest BCUT2D eigenvalue weighted by atomic mass is 10.1. The summed E-state index contributed by atoms with van der Waals surface area (Å²) in [6, 6.07) is 12.2. The number of nitrogens with zero attached hydrogens (tertiary/aromatic N) is 2. The Kier molecular flexibility index (Phi) is 7.76. The molecule has 0 saturated carbocycles. The van der Waals surface area contributed by atoms with Crippen LogP contribution in [0.5, 0.6) is 0 Å². The van der Waals surface area contributed by atoms with Crippen LogP contribution >= 0.6 is 0 Å². The van der Waals surface area contributed by atoms with Gasteiger partial charge in [0.2, 0.25) is 5.91 Å². The second kappa shape index (κ2) is 10.3. The van der Waals surface area contributed by atoms with E-state index in [-0.39, 0.29) is 37.4 Å². The highest BCUT2D eigenvalue weighted by molar-refractivity contribution is 5.92. The number of carbonyl (C=O) groups is 1. The summed E-state index contributed by atoms with van der Waals surface area (Å²) < 4.78 is 15.4. The van der Waals surface area contributed by atoms with Crippen LogP contribution in [0.25, 0.3) is 0 Å². The van der Waals surface area contributed by atoms with Crippen molar-refractivity contribution in [3.63, 3.8) is 0 Å². The topological polar surface area (TPSA) is 106 Å². The molecule has 0 aliphatic carbocycles. The highest BCUT2D eigenvalue weighted by Gasteiger charge is 2.11. The number of aromatic nitrogens is 1. The van der Waals surface area contributed by atoms with Gasteiger partial charge >= 0.3 is 0 Å². The first-order valence-corrected chi connectivity index (χ1v) is 8.97. The number of nitrogens with two attached hydrogens (primary N) is 2. The Labute approximate surface area is 163 Å². The van der Waals surface area contributed by atoms with E-state index in [1.165, 1.54) is 28.0 Å². The summed E-state index contributed by atoms with van der Waals surface area (Å²) in [7, 11) is 0. The molecule has 1 aromatic carbocycles. The van der Waals surface area contributed by atoms with Crippen molar-refractivity contribution in [2.24, 2.45) is 11.6 Å². The van der Waals surface area contributed by atoms with Crippen LogP contribution in [-0.2, 0) is 17.8 Å². The summed E-state index contributed by atoms with van der Waals surface area (Å²) >= 11 is 0. The maximum Gasteiger partial charge on any atom is 0.252 e. The van der Waals surface area contributed by atoms with E-state index in [9.17, 15) is 14.0 Å². The zero-order valence-corrected chi connectivity index (χ0v) is 15.8. The van der Waals surface area contributed by atoms with Crippen LogP contribution in [0.4, 0.5) is 10.1 Å². The minimum atomic E-state index is -1.24. The number of halogens is 1. The van der Waals surface area contributed by atoms with E-state index in [0.29, 0.717) is 11.4 Å². The van der Waals surface area contributed by atoms with Crippen molar-refractivity contribution in [3.05, 3.63) is 76.5 Å². The number of anilines is 1. The average Bonchev–Trinajstić information content (AvgIpc) is 2.62. The van der Waals surface area contributed by atoms with Crippen LogP contribution in [0.1, 0.15) is 18.9 Å². The van der Waals surface area contributed by atoms with Gasteiger partial charge in [-0.15, -0.1) is 0 Å². The van der Waals surface area contributed by atoms with E-state index in [4.69, 9.17) is 11.6 Å². The fourth-order valence-electron chi connectivity index (χ4n) is 2.64. The molecule has 1 aromatic heterocycles. The lowest BCUT2D eigenvalue weighted by Gasteiger charge is -2.16. The van der Waals surface area contributed by atoms with Gasteiger partial charge in [0.1, 0.15) is 6.17 Å². The van der Waals surface area contributed by atoms with Crippen LogP contribution in [-0.4, -0.2) is 28.2 Å². The quantitative estimate of drug-likeness (QED) is 0.449. The van der Waals surface area contributed by atoms with Gasteiger partial charge < -0.3 is 20.6 Å². The molecule has 7 nitrogen and oxygen atoms in total. The Balaban J connectivity index is 1.88. The van der Waals surface area contributed by atoms with Crippen molar-refractivity contribution in [3.8, 4) is 0 Å². The van der Waals surface area contributed by atoms with Crippen molar-refractivity contribution in [2.45, 2.75) is 32.5 Å². The first kappa shape index (κ1) is 21.2. The zero-order chi connectivity index (χ0) is 20.5. The van der Waals surface area contributed by atoms with Gasteiger partial charge in [0.15, 0.2) is 0 Å². The maximum atomic E-state index is 14.2. The third-order valence-corrected chi connectivity index (χ3v) is 3.95. The monoisotopic (exact) mass is 387 g/mol. The van der Waals surface area contributed by atoms with Gasteiger partial charge in [0.05, 0.1) is 13.0 Å². The molecule has 1 atom stereocenters.